The van der Waals surface area contributed by atoms with Gasteiger partial charge in [-0.3, -0.25) is 9.67 Å². The lowest BCUT2D eigenvalue weighted by Gasteiger charge is -2.26. The summed E-state index contributed by atoms with van der Waals surface area (Å²) in [4.78, 5) is 12.9. The van der Waals surface area contributed by atoms with Gasteiger partial charge in [0.15, 0.2) is 10.6 Å². The second-order valence-corrected chi connectivity index (χ2v) is 9.52. The van der Waals surface area contributed by atoms with E-state index in [0.29, 0.717) is 41.1 Å². The maximum atomic E-state index is 12.9. The first kappa shape index (κ1) is 23.8. The molecule has 176 valence electrons. The third kappa shape index (κ3) is 4.66. The molecule has 4 rings (SSSR count). The van der Waals surface area contributed by atoms with E-state index in [1.165, 1.54) is 19.3 Å². The van der Waals surface area contributed by atoms with E-state index < -0.39 is 0 Å². The molecule has 3 aromatic rings. The van der Waals surface area contributed by atoms with Crippen LogP contribution in [0.2, 0.25) is 0 Å². The Bertz CT molecular complexity index is 1240. The molecule has 1 fully saturated rings. The van der Waals surface area contributed by atoms with Gasteiger partial charge in [0.05, 0.1) is 22.2 Å². The molecule has 2 aromatic heterocycles. The first-order valence-electron chi connectivity index (χ1n) is 11.3. The Morgan fingerprint density at radius 1 is 1.36 bits per heavy atom. The summed E-state index contributed by atoms with van der Waals surface area (Å²) >= 11 is 8.97. The summed E-state index contributed by atoms with van der Waals surface area (Å²) in [5, 5.41) is 7.92. The third-order valence-electron chi connectivity index (χ3n) is 6.23. The second kappa shape index (κ2) is 10.3. The van der Waals surface area contributed by atoms with Crippen molar-refractivity contribution in [3.63, 3.8) is 0 Å². The number of H-pyrrole nitrogens is 1. The highest BCUT2D eigenvalue weighted by Gasteiger charge is 2.27. The fraction of sp³-hybridized carbons (Fsp3) is 0.458. The van der Waals surface area contributed by atoms with Gasteiger partial charge in [-0.05, 0) is 67.0 Å². The maximum Gasteiger partial charge on any atom is 0.340 e. The molecular formula is C24H29BrN4O3S. The number of rotatable bonds is 8. The summed E-state index contributed by atoms with van der Waals surface area (Å²) in [6.07, 6.45) is 7.69. The number of aromatic amines is 1. The molecule has 0 atom stereocenters. The van der Waals surface area contributed by atoms with Crippen LogP contribution in [0.15, 0.2) is 29.3 Å². The van der Waals surface area contributed by atoms with Crippen LogP contribution in [-0.4, -0.2) is 31.9 Å². The Kier molecular flexibility index (Phi) is 7.38. The van der Waals surface area contributed by atoms with Gasteiger partial charge >= 0.3 is 5.97 Å². The minimum atomic E-state index is -0.297. The number of carbonyl (C=O) groups excluding carboxylic acids is 1. The number of fused-ring (bicyclic) bond motifs is 1. The summed E-state index contributed by atoms with van der Waals surface area (Å²) in [7, 11) is 0. The smallest absolute Gasteiger partial charge is 0.340 e. The molecule has 1 aliphatic carbocycles. The van der Waals surface area contributed by atoms with Crippen LogP contribution in [0, 0.1) is 11.7 Å². The molecule has 9 heteroatoms. The van der Waals surface area contributed by atoms with Crippen LogP contribution in [0.3, 0.4) is 0 Å². The molecule has 1 aromatic carbocycles. The second-order valence-electron chi connectivity index (χ2n) is 8.28. The molecule has 1 aliphatic rings. The Labute approximate surface area is 206 Å². The topological polar surface area (TPSA) is 74.1 Å². The van der Waals surface area contributed by atoms with Crippen LogP contribution in [0.1, 0.15) is 66.9 Å². The van der Waals surface area contributed by atoms with Crippen LogP contribution >= 0.6 is 28.1 Å². The van der Waals surface area contributed by atoms with E-state index in [0.717, 1.165) is 33.9 Å². The van der Waals surface area contributed by atoms with Gasteiger partial charge in [-0.1, -0.05) is 25.3 Å². The van der Waals surface area contributed by atoms with E-state index in [1.807, 2.05) is 24.5 Å². The Morgan fingerprint density at radius 3 is 2.82 bits per heavy atom. The number of carbonyl (C=O) groups is 1. The van der Waals surface area contributed by atoms with E-state index in [2.05, 4.69) is 43.3 Å². The highest BCUT2D eigenvalue weighted by Crippen LogP contribution is 2.40. The number of aromatic nitrogens is 4. The molecule has 1 N–H and O–H groups in total. The Balaban J connectivity index is 1.76. The van der Waals surface area contributed by atoms with Crippen LogP contribution in [-0.2, 0) is 17.9 Å². The summed E-state index contributed by atoms with van der Waals surface area (Å²) in [5.74, 6) is 1.01. The maximum absolute atomic E-state index is 12.9. The number of nitrogens with zero attached hydrogens (tertiary/aromatic N) is 3. The highest BCUT2D eigenvalue weighted by atomic mass is 79.9. The first-order valence-corrected chi connectivity index (χ1v) is 12.5. The number of halogens is 1. The molecule has 7 nitrogen and oxygen atoms in total. The van der Waals surface area contributed by atoms with Crippen LogP contribution in [0.4, 0.5) is 0 Å². The highest BCUT2D eigenvalue weighted by molar-refractivity contribution is 9.10. The van der Waals surface area contributed by atoms with Crippen molar-refractivity contribution < 1.29 is 14.3 Å². The van der Waals surface area contributed by atoms with Gasteiger partial charge in [-0.15, -0.1) is 6.58 Å². The molecule has 1 saturated carbocycles. The van der Waals surface area contributed by atoms with Crippen molar-refractivity contribution in [3.8, 4) is 5.75 Å². The van der Waals surface area contributed by atoms with E-state index in [1.54, 1.807) is 6.08 Å². The Morgan fingerprint density at radius 2 is 2.12 bits per heavy atom. The van der Waals surface area contributed by atoms with Crippen LogP contribution < -0.4 is 4.74 Å². The predicted octanol–water partition coefficient (Wildman–Crippen LogP) is 6.41. The van der Waals surface area contributed by atoms with Gasteiger partial charge in [0.25, 0.3) is 0 Å². The molecule has 0 unspecified atom stereocenters. The van der Waals surface area contributed by atoms with Gasteiger partial charge in [-0.25, -0.2) is 4.79 Å². The van der Waals surface area contributed by atoms with Gasteiger partial charge in [-0.2, -0.15) is 5.10 Å². The van der Waals surface area contributed by atoms with Crippen molar-refractivity contribution in [1.29, 1.82) is 0 Å². The lowest BCUT2D eigenvalue weighted by molar-refractivity contribution is 0.0527. The molecule has 33 heavy (non-hydrogen) atoms. The number of hydrogen-bond acceptors (Lipinski definition) is 5. The molecule has 0 radical (unpaired) electrons. The molecule has 0 aliphatic heterocycles. The molecule has 0 amide bonds. The number of benzene rings is 1. The zero-order valence-corrected chi connectivity index (χ0v) is 21.4. The molecule has 0 spiro atoms. The van der Waals surface area contributed by atoms with Crippen molar-refractivity contribution in [2.24, 2.45) is 0 Å². The first-order chi connectivity index (χ1) is 16.0. The van der Waals surface area contributed by atoms with E-state index in [-0.39, 0.29) is 12.6 Å². The van der Waals surface area contributed by atoms with Crippen LogP contribution in [0.25, 0.3) is 10.9 Å². The third-order valence-corrected chi connectivity index (χ3v) is 7.16. The number of nitrogens with one attached hydrogen (secondary N) is 1. The predicted molar refractivity (Wildman–Crippen MR) is 134 cm³/mol. The monoisotopic (exact) mass is 532 g/mol. The standard InChI is InChI=1S/C24H29BrN4O3S/c1-4-11-28-21(26-27-24(28)33)14-32-20-12-17-19(13-18(20)25)29(16-9-7-6-8-10-16)15(3)22(17)23(30)31-5-2/h4,12-13,16H,1,5-11,14H2,2-3H3,(H,27,33). The number of allylic oxidation sites excluding steroid dienone is 1. The number of esters is 1. The van der Waals surface area contributed by atoms with Crippen molar-refractivity contribution in [2.75, 3.05) is 6.61 Å². The fourth-order valence-corrected chi connectivity index (χ4v) is 5.41. The van der Waals surface area contributed by atoms with Crippen molar-refractivity contribution in [1.82, 2.24) is 19.3 Å². The minimum Gasteiger partial charge on any atom is -0.484 e. The van der Waals surface area contributed by atoms with Gasteiger partial charge < -0.3 is 14.0 Å². The summed E-state index contributed by atoms with van der Waals surface area (Å²) in [6.45, 7) is 8.72. The average molecular weight is 533 g/mol. The summed E-state index contributed by atoms with van der Waals surface area (Å²) < 4.78 is 17.1. The SMILES string of the molecule is C=CCn1c(COc2cc3c(C(=O)OCC)c(C)n(C4CCCCC4)c3cc2Br)n[nH]c1=S. The number of ether oxygens (including phenoxy) is 2. The summed E-state index contributed by atoms with van der Waals surface area (Å²) in [5.41, 5.74) is 2.59. The van der Waals surface area contributed by atoms with E-state index in [4.69, 9.17) is 21.7 Å². The normalized spacial score (nSPS) is 14.5. The van der Waals surface area contributed by atoms with Crippen molar-refractivity contribution in [3.05, 3.63) is 51.1 Å². The Hall–Kier alpha value is -2.39. The molecule has 2 heterocycles. The minimum absolute atomic E-state index is 0.224. The lowest BCUT2D eigenvalue weighted by Crippen LogP contribution is -2.15. The van der Waals surface area contributed by atoms with Gasteiger partial charge in [0.2, 0.25) is 0 Å². The largest absolute Gasteiger partial charge is 0.484 e. The quantitative estimate of drug-likeness (QED) is 0.206. The molecular weight excluding hydrogens is 504 g/mol. The molecule has 0 saturated heterocycles. The van der Waals surface area contributed by atoms with Gasteiger partial charge in [0, 0.05) is 23.7 Å². The number of hydrogen-bond donors (Lipinski definition) is 1. The average Bonchev–Trinajstić information content (AvgIpc) is 3.29. The van der Waals surface area contributed by atoms with Crippen LogP contribution in [0.5, 0.6) is 5.75 Å². The van der Waals surface area contributed by atoms with Crippen molar-refractivity contribution >= 4 is 45.0 Å². The molecule has 0 bridgehead atoms. The van der Waals surface area contributed by atoms with E-state index in [9.17, 15) is 4.79 Å². The lowest BCUT2D eigenvalue weighted by atomic mass is 9.95. The fourth-order valence-electron chi connectivity index (χ4n) is 4.74. The summed E-state index contributed by atoms with van der Waals surface area (Å²) in [6, 6.07) is 4.36. The zero-order valence-electron chi connectivity index (χ0n) is 19.0. The van der Waals surface area contributed by atoms with Crippen molar-refractivity contribution in [2.45, 2.75) is 65.1 Å². The van der Waals surface area contributed by atoms with Gasteiger partial charge in [0.1, 0.15) is 12.4 Å². The van der Waals surface area contributed by atoms with E-state index >= 15 is 0 Å². The zero-order chi connectivity index (χ0) is 23.5.